The molecule has 0 heterocycles. The molecule has 2 heteroatoms. The molecule has 0 radical (unpaired) electrons. The highest BCUT2D eigenvalue weighted by atomic mass is 16.2. The minimum Gasteiger partial charge on any atom is -0.396 e. The molecule has 0 aromatic heterocycles. The van der Waals surface area contributed by atoms with Gasteiger partial charge in [0.2, 0.25) is 0 Å². The molecular formula is C9H18O2. The maximum atomic E-state index is 10.8. The number of Topliss-reactive ketones (excluding diaryl/α,β-unsaturated/α-hetero) is 1. The summed E-state index contributed by atoms with van der Waals surface area (Å²) in [5.74, 6) is 0.475. The molecule has 66 valence electrons. The van der Waals surface area contributed by atoms with Gasteiger partial charge in [-0.05, 0) is 19.8 Å². The van der Waals surface area contributed by atoms with Gasteiger partial charge in [-0.25, -0.2) is 0 Å². The molecular weight excluding hydrogens is 140 g/mol. The Morgan fingerprint density at radius 2 is 2.00 bits per heavy atom. The summed E-state index contributed by atoms with van der Waals surface area (Å²) in [5.41, 5.74) is 0. The summed E-state index contributed by atoms with van der Waals surface area (Å²) in [7, 11) is 0. The quantitative estimate of drug-likeness (QED) is 0.598. The molecule has 0 saturated heterocycles. The summed E-state index contributed by atoms with van der Waals surface area (Å²) in [5, 5.41) is 8.47. The van der Waals surface area contributed by atoms with Crippen LogP contribution in [0.1, 0.15) is 39.5 Å². The molecule has 0 amide bonds. The van der Waals surface area contributed by atoms with Crippen LogP contribution in [0.25, 0.3) is 0 Å². The number of aliphatic hydroxyl groups excluding tert-OH is 1. The first-order valence-electron chi connectivity index (χ1n) is 4.29. The zero-order valence-electron chi connectivity index (χ0n) is 7.47. The van der Waals surface area contributed by atoms with Gasteiger partial charge in [0.05, 0.1) is 0 Å². The van der Waals surface area contributed by atoms with E-state index in [9.17, 15) is 4.79 Å². The smallest absolute Gasteiger partial charge is 0.132 e. The molecule has 0 aliphatic heterocycles. The Morgan fingerprint density at radius 3 is 2.45 bits per heavy atom. The number of ketones is 1. The van der Waals surface area contributed by atoms with Gasteiger partial charge in [0, 0.05) is 12.5 Å². The Balaban J connectivity index is 3.17. The average Bonchev–Trinajstić information content (AvgIpc) is 1.97. The zero-order chi connectivity index (χ0) is 8.69. The van der Waals surface area contributed by atoms with E-state index in [1.165, 1.54) is 0 Å². The summed E-state index contributed by atoms with van der Waals surface area (Å²) >= 11 is 0. The molecule has 11 heavy (non-hydrogen) atoms. The fourth-order valence-electron chi connectivity index (χ4n) is 0.942. The van der Waals surface area contributed by atoms with E-state index in [-0.39, 0.29) is 18.3 Å². The maximum absolute atomic E-state index is 10.8. The summed E-state index contributed by atoms with van der Waals surface area (Å²) in [6.45, 7) is 3.87. The fraction of sp³-hybridized carbons (Fsp3) is 0.889. The summed E-state index contributed by atoms with van der Waals surface area (Å²) in [6.07, 6.45) is 3.93. The van der Waals surface area contributed by atoms with Crippen molar-refractivity contribution in [2.24, 2.45) is 5.92 Å². The van der Waals surface area contributed by atoms with Crippen molar-refractivity contribution in [3.05, 3.63) is 0 Å². The van der Waals surface area contributed by atoms with Crippen molar-refractivity contribution in [3.8, 4) is 0 Å². The van der Waals surface area contributed by atoms with Gasteiger partial charge < -0.3 is 5.11 Å². The van der Waals surface area contributed by atoms with Crippen LogP contribution in [0.2, 0.25) is 0 Å². The van der Waals surface area contributed by atoms with Crippen molar-refractivity contribution in [3.63, 3.8) is 0 Å². The van der Waals surface area contributed by atoms with E-state index in [0.717, 1.165) is 25.7 Å². The zero-order valence-corrected chi connectivity index (χ0v) is 7.47. The van der Waals surface area contributed by atoms with Crippen LogP contribution in [0, 0.1) is 5.92 Å². The topological polar surface area (TPSA) is 37.3 Å². The Morgan fingerprint density at radius 1 is 1.36 bits per heavy atom. The van der Waals surface area contributed by atoms with E-state index in [1.54, 1.807) is 6.92 Å². The second-order valence-electron chi connectivity index (χ2n) is 3.08. The summed E-state index contributed by atoms with van der Waals surface area (Å²) in [4.78, 5) is 10.8. The molecule has 0 bridgehead atoms. The number of rotatable bonds is 6. The summed E-state index contributed by atoms with van der Waals surface area (Å²) in [6, 6.07) is 0. The van der Waals surface area contributed by atoms with E-state index < -0.39 is 0 Å². The number of hydrogen-bond acceptors (Lipinski definition) is 2. The predicted molar refractivity (Wildman–Crippen MR) is 45.4 cm³/mol. The lowest BCUT2D eigenvalue weighted by atomic mass is 10.00. The third-order valence-electron chi connectivity index (χ3n) is 1.99. The molecule has 0 fully saturated rings. The van der Waals surface area contributed by atoms with Crippen LogP contribution in [0.5, 0.6) is 0 Å². The SMILES string of the molecule is CC(=O)C(C)CCCCCO. The molecule has 1 unspecified atom stereocenters. The maximum Gasteiger partial charge on any atom is 0.132 e. The molecule has 0 spiro atoms. The van der Waals surface area contributed by atoms with Crippen molar-refractivity contribution in [1.29, 1.82) is 0 Å². The normalized spacial score (nSPS) is 13.0. The second-order valence-corrected chi connectivity index (χ2v) is 3.08. The first-order chi connectivity index (χ1) is 5.18. The Kier molecular flexibility index (Phi) is 6.13. The monoisotopic (exact) mass is 158 g/mol. The number of carbonyl (C=O) groups excluding carboxylic acids is 1. The third-order valence-corrected chi connectivity index (χ3v) is 1.99. The number of hydrogen-bond donors (Lipinski definition) is 1. The second kappa shape index (κ2) is 6.35. The van der Waals surface area contributed by atoms with Gasteiger partial charge >= 0.3 is 0 Å². The van der Waals surface area contributed by atoms with Crippen LogP contribution in [0.15, 0.2) is 0 Å². The molecule has 0 aromatic rings. The van der Waals surface area contributed by atoms with Crippen LogP contribution in [0.3, 0.4) is 0 Å². The van der Waals surface area contributed by atoms with Crippen LogP contribution >= 0.6 is 0 Å². The number of unbranched alkanes of at least 4 members (excludes halogenated alkanes) is 2. The summed E-state index contributed by atoms with van der Waals surface area (Å²) < 4.78 is 0. The fourth-order valence-corrected chi connectivity index (χ4v) is 0.942. The first kappa shape index (κ1) is 10.6. The van der Waals surface area contributed by atoms with Crippen molar-refractivity contribution >= 4 is 5.78 Å². The van der Waals surface area contributed by atoms with Gasteiger partial charge in [-0.1, -0.05) is 19.8 Å². The van der Waals surface area contributed by atoms with Gasteiger partial charge in [0.15, 0.2) is 0 Å². The molecule has 0 aromatic carbocycles. The number of carbonyl (C=O) groups is 1. The molecule has 2 nitrogen and oxygen atoms in total. The molecule has 0 rings (SSSR count). The van der Waals surface area contributed by atoms with Crippen LogP contribution < -0.4 is 0 Å². The molecule has 1 atom stereocenters. The minimum atomic E-state index is 0.202. The standard InChI is InChI=1S/C9H18O2/c1-8(9(2)11)6-4-3-5-7-10/h8,10H,3-7H2,1-2H3. The van der Waals surface area contributed by atoms with E-state index in [4.69, 9.17) is 5.11 Å². The molecule has 0 aliphatic rings. The van der Waals surface area contributed by atoms with Crippen molar-refractivity contribution in [2.75, 3.05) is 6.61 Å². The van der Waals surface area contributed by atoms with Crippen LogP contribution in [0.4, 0.5) is 0 Å². The lowest BCUT2D eigenvalue weighted by Gasteiger charge is -2.05. The number of aliphatic hydroxyl groups is 1. The van der Waals surface area contributed by atoms with Crippen molar-refractivity contribution in [2.45, 2.75) is 39.5 Å². The molecule has 0 saturated carbocycles. The van der Waals surface area contributed by atoms with E-state index >= 15 is 0 Å². The Bertz CT molecular complexity index is 110. The van der Waals surface area contributed by atoms with E-state index in [2.05, 4.69) is 0 Å². The van der Waals surface area contributed by atoms with Gasteiger partial charge in [-0.3, -0.25) is 4.79 Å². The van der Waals surface area contributed by atoms with Gasteiger partial charge in [-0.15, -0.1) is 0 Å². The lowest BCUT2D eigenvalue weighted by Crippen LogP contribution is -2.05. The van der Waals surface area contributed by atoms with Crippen molar-refractivity contribution in [1.82, 2.24) is 0 Å². The predicted octanol–water partition coefficient (Wildman–Crippen LogP) is 1.76. The highest BCUT2D eigenvalue weighted by molar-refractivity contribution is 5.77. The first-order valence-corrected chi connectivity index (χ1v) is 4.29. The van der Waals surface area contributed by atoms with Crippen LogP contribution in [-0.2, 0) is 4.79 Å². The molecule has 0 aliphatic carbocycles. The van der Waals surface area contributed by atoms with E-state index in [1.807, 2.05) is 6.92 Å². The largest absolute Gasteiger partial charge is 0.396 e. The van der Waals surface area contributed by atoms with E-state index in [0.29, 0.717) is 0 Å². The Hall–Kier alpha value is -0.370. The highest BCUT2D eigenvalue weighted by Crippen LogP contribution is 2.09. The highest BCUT2D eigenvalue weighted by Gasteiger charge is 2.05. The third kappa shape index (κ3) is 6.05. The van der Waals surface area contributed by atoms with Gasteiger partial charge in [0.1, 0.15) is 5.78 Å². The van der Waals surface area contributed by atoms with Crippen LogP contribution in [-0.4, -0.2) is 17.5 Å². The minimum absolute atomic E-state index is 0.202. The molecule has 1 N–H and O–H groups in total. The lowest BCUT2D eigenvalue weighted by molar-refractivity contribution is -0.120. The van der Waals surface area contributed by atoms with Gasteiger partial charge in [-0.2, -0.15) is 0 Å². The Labute approximate surface area is 68.6 Å². The average molecular weight is 158 g/mol. The van der Waals surface area contributed by atoms with Crippen molar-refractivity contribution < 1.29 is 9.90 Å². The van der Waals surface area contributed by atoms with Gasteiger partial charge in [0.25, 0.3) is 0 Å².